The molecule has 1 aromatic carbocycles. The van der Waals surface area contributed by atoms with E-state index < -0.39 is 0 Å². The number of thioether (sulfide) groups is 1. The van der Waals surface area contributed by atoms with Crippen molar-refractivity contribution in [1.82, 2.24) is 10.1 Å². The number of aromatic nitrogens is 2. The lowest BCUT2D eigenvalue weighted by atomic mass is 10.2. The van der Waals surface area contributed by atoms with E-state index in [9.17, 15) is 0 Å². The first-order valence-electron chi connectivity index (χ1n) is 6.38. The number of hydrogen-bond donors (Lipinski definition) is 1. The van der Waals surface area contributed by atoms with Gasteiger partial charge in [-0.3, -0.25) is 0 Å². The van der Waals surface area contributed by atoms with Crippen LogP contribution in [0.15, 0.2) is 28.8 Å². The molecule has 0 aliphatic carbocycles. The van der Waals surface area contributed by atoms with E-state index in [2.05, 4.69) is 10.1 Å². The predicted octanol–water partition coefficient (Wildman–Crippen LogP) is 2.63. The normalized spacial score (nSPS) is 19.5. The summed E-state index contributed by atoms with van der Waals surface area (Å²) in [5.41, 5.74) is 7.41. The van der Waals surface area contributed by atoms with Crippen LogP contribution >= 0.6 is 11.8 Å². The Kier molecular flexibility index (Phi) is 4.03. The monoisotopic (exact) mass is 289 g/mol. The fourth-order valence-electron chi connectivity index (χ4n) is 1.86. The topological polar surface area (TPSA) is 74.2 Å². The first-order chi connectivity index (χ1) is 9.81. The lowest BCUT2D eigenvalue weighted by molar-refractivity contribution is 0.0677. The maximum Gasteiger partial charge on any atom is 0.250 e. The average Bonchev–Trinajstić information content (AvgIpc) is 2.97. The summed E-state index contributed by atoms with van der Waals surface area (Å²) in [5, 5.41) is 3.97. The van der Waals surface area contributed by atoms with Gasteiger partial charge in [0.15, 0.2) is 0 Å². The van der Waals surface area contributed by atoms with E-state index in [1.165, 1.54) is 0 Å². The van der Waals surface area contributed by atoms with Gasteiger partial charge in [-0.2, -0.15) is 16.7 Å². The van der Waals surface area contributed by atoms with Crippen molar-refractivity contribution in [3.05, 3.63) is 41.5 Å². The Hall–Kier alpha value is -1.79. The lowest BCUT2D eigenvalue weighted by Crippen LogP contribution is -2.16. The molecule has 20 heavy (non-hydrogen) atoms. The van der Waals surface area contributed by atoms with Crippen molar-refractivity contribution in [2.24, 2.45) is 0 Å². The molecule has 0 bridgehead atoms. The van der Waals surface area contributed by atoms with Crippen LogP contribution in [0.4, 0.5) is 5.69 Å². The van der Waals surface area contributed by atoms with Gasteiger partial charge in [-0.15, -0.1) is 0 Å². The third-order valence-corrected chi connectivity index (χ3v) is 3.91. The highest BCUT2D eigenvalue weighted by Crippen LogP contribution is 2.24. The summed E-state index contributed by atoms with van der Waals surface area (Å²) in [6.45, 7) is 0.737. The Morgan fingerprint density at radius 2 is 2.10 bits per heavy atom. The lowest BCUT2D eigenvalue weighted by Gasteiger charge is -2.18. The number of ether oxygens (including phenoxy) is 1. The van der Waals surface area contributed by atoms with Gasteiger partial charge in [-0.05, 0) is 23.8 Å². The summed E-state index contributed by atoms with van der Waals surface area (Å²) in [6, 6.07) is 7.58. The van der Waals surface area contributed by atoms with Crippen LogP contribution in [0.5, 0.6) is 0 Å². The van der Waals surface area contributed by atoms with Crippen LogP contribution in [0.3, 0.4) is 0 Å². The first-order valence-corrected chi connectivity index (χ1v) is 7.53. The summed E-state index contributed by atoms with van der Waals surface area (Å²) >= 11 is 1.84. The van der Waals surface area contributed by atoms with Crippen LogP contribution in [0.1, 0.15) is 23.4 Å². The Morgan fingerprint density at radius 1 is 1.25 bits per heavy atom. The van der Waals surface area contributed by atoms with Crippen molar-refractivity contribution in [2.45, 2.75) is 6.10 Å². The molecule has 1 fully saturated rings. The molecule has 0 radical (unpaired) electrons. The van der Waals surface area contributed by atoms with Crippen LogP contribution in [-0.2, 0) is 4.74 Å². The van der Waals surface area contributed by atoms with Gasteiger partial charge in [0.25, 0.3) is 5.89 Å². The second-order valence-electron chi connectivity index (χ2n) is 4.43. The molecule has 1 aliphatic heterocycles. The van der Waals surface area contributed by atoms with Crippen molar-refractivity contribution in [1.29, 1.82) is 0 Å². The number of nitrogens with two attached hydrogens (primary N) is 1. The molecule has 3 rings (SSSR count). The van der Waals surface area contributed by atoms with E-state index in [1.54, 1.807) is 6.08 Å². The Bertz CT molecular complexity index is 589. The molecule has 6 heteroatoms. The second kappa shape index (κ2) is 6.11. The molecule has 0 spiro atoms. The molecule has 1 unspecified atom stereocenters. The fraction of sp³-hybridized carbons (Fsp3) is 0.286. The molecule has 2 heterocycles. The standard InChI is InChI=1S/C14H15N3O2S/c15-11-4-1-10(2-5-11)3-6-13-16-14(17-19-13)12-9-20-8-7-18-12/h1-6,12H,7-9,15H2/b6-3+. The molecule has 2 aromatic rings. The van der Waals surface area contributed by atoms with E-state index >= 15 is 0 Å². The van der Waals surface area contributed by atoms with Crippen molar-refractivity contribution >= 4 is 29.6 Å². The zero-order chi connectivity index (χ0) is 13.8. The van der Waals surface area contributed by atoms with E-state index in [0.29, 0.717) is 11.7 Å². The number of hydrogen-bond acceptors (Lipinski definition) is 6. The number of anilines is 1. The van der Waals surface area contributed by atoms with Gasteiger partial charge in [0.2, 0.25) is 5.82 Å². The maximum absolute atomic E-state index is 5.64. The largest absolute Gasteiger partial charge is 0.399 e. The van der Waals surface area contributed by atoms with E-state index in [1.807, 2.05) is 42.1 Å². The summed E-state index contributed by atoms with van der Waals surface area (Å²) in [6.07, 6.45) is 3.64. The van der Waals surface area contributed by atoms with Gasteiger partial charge in [0, 0.05) is 23.3 Å². The van der Waals surface area contributed by atoms with Gasteiger partial charge in [0.1, 0.15) is 6.10 Å². The van der Waals surface area contributed by atoms with Gasteiger partial charge in [-0.25, -0.2) is 0 Å². The molecule has 1 saturated heterocycles. The Morgan fingerprint density at radius 3 is 2.85 bits per heavy atom. The molecule has 2 N–H and O–H groups in total. The smallest absolute Gasteiger partial charge is 0.250 e. The van der Waals surface area contributed by atoms with Crippen molar-refractivity contribution in [2.75, 3.05) is 23.8 Å². The molecule has 1 aromatic heterocycles. The quantitative estimate of drug-likeness (QED) is 0.876. The molecule has 1 aliphatic rings. The van der Waals surface area contributed by atoms with Crippen molar-refractivity contribution in [3.63, 3.8) is 0 Å². The van der Waals surface area contributed by atoms with E-state index in [4.69, 9.17) is 15.0 Å². The van der Waals surface area contributed by atoms with Crippen LogP contribution in [0, 0.1) is 0 Å². The number of nitrogen functional groups attached to an aromatic ring is 1. The van der Waals surface area contributed by atoms with Gasteiger partial charge < -0.3 is 15.0 Å². The molecule has 0 amide bonds. The van der Waals surface area contributed by atoms with Crippen LogP contribution in [0.25, 0.3) is 12.2 Å². The van der Waals surface area contributed by atoms with Crippen LogP contribution in [-0.4, -0.2) is 28.3 Å². The van der Waals surface area contributed by atoms with E-state index in [-0.39, 0.29) is 6.10 Å². The minimum Gasteiger partial charge on any atom is -0.399 e. The highest BCUT2D eigenvalue weighted by atomic mass is 32.2. The zero-order valence-electron chi connectivity index (χ0n) is 10.9. The summed E-state index contributed by atoms with van der Waals surface area (Å²) in [4.78, 5) is 4.34. The van der Waals surface area contributed by atoms with Crippen molar-refractivity contribution < 1.29 is 9.26 Å². The number of rotatable bonds is 3. The summed E-state index contributed by atoms with van der Waals surface area (Å²) in [5.74, 6) is 3.00. The average molecular weight is 289 g/mol. The van der Waals surface area contributed by atoms with Gasteiger partial charge in [-0.1, -0.05) is 17.3 Å². The molecule has 5 nitrogen and oxygen atoms in total. The highest BCUT2D eigenvalue weighted by molar-refractivity contribution is 7.99. The predicted molar refractivity (Wildman–Crippen MR) is 80.1 cm³/mol. The number of benzene rings is 1. The third kappa shape index (κ3) is 3.20. The van der Waals surface area contributed by atoms with Crippen LogP contribution < -0.4 is 5.73 Å². The maximum atomic E-state index is 5.64. The minimum atomic E-state index is -0.0591. The fourth-order valence-corrected chi connectivity index (χ4v) is 2.70. The minimum absolute atomic E-state index is 0.0591. The van der Waals surface area contributed by atoms with Gasteiger partial charge in [0.05, 0.1) is 6.61 Å². The Labute approximate surface area is 121 Å². The van der Waals surface area contributed by atoms with Crippen molar-refractivity contribution in [3.8, 4) is 0 Å². The summed E-state index contributed by atoms with van der Waals surface area (Å²) < 4.78 is 10.8. The molecule has 1 atom stereocenters. The van der Waals surface area contributed by atoms with Gasteiger partial charge >= 0.3 is 0 Å². The van der Waals surface area contributed by atoms with E-state index in [0.717, 1.165) is 29.4 Å². The number of nitrogens with zero attached hydrogens (tertiary/aromatic N) is 2. The molecule has 104 valence electrons. The SMILES string of the molecule is Nc1ccc(/C=C/c2nc(C3CSCCO3)no2)cc1. The first kappa shape index (κ1) is 13.2. The molecular formula is C14H15N3O2S. The van der Waals surface area contributed by atoms with Crippen LogP contribution in [0.2, 0.25) is 0 Å². The Balaban J connectivity index is 1.68. The summed E-state index contributed by atoms with van der Waals surface area (Å²) in [7, 11) is 0. The third-order valence-electron chi connectivity index (χ3n) is 2.92. The highest BCUT2D eigenvalue weighted by Gasteiger charge is 2.21. The molecule has 0 saturated carbocycles. The molecular weight excluding hydrogens is 274 g/mol. The zero-order valence-corrected chi connectivity index (χ0v) is 11.7. The second-order valence-corrected chi connectivity index (χ2v) is 5.57.